The van der Waals surface area contributed by atoms with Gasteiger partial charge in [-0.25, -0.2) is 8.42 Å². The van der Waals surface area contributed by atoms with Crippen molar-refractivity contribution >= 4 is 15.7 Å². The van der Waals surface area contributed by atoms with Gasteiger partial charge in [-0.2, -0.15) is 0 Å². The Balaban J connectivity index is 1.40. The van der Waals surface area contributed by atoms with Gasteiger partial charge < -0.3 is 5.32 Å². The van der Waals surface area contributed by atoms with Crippen molar-refractivity contribution in [3.8, 4) is 0 Å². The monoisotopic (exact) mass is 498 g/mol. The second-order valence-electron chi connectivity index (χ2n) is 10.6. The molecule has 8 heteroatoms. The predicted molar refractivity (Wildman–Crippen MR) is 136 cm³/mol. The smallest absolute Gasteiger partial charge is 0.253 e. The zero-order valence-electron chi connectivity index (χ0n) is 21.3. The topological polar surface area (TPSA) is 92.3 Å². The van der Waals surface area contributed by atoms with Crippen LogP contribution in [0.2, 0.25) is 0 Å². The Morgan fingerprint density at radius 1 is 1.14 bits per heavy atom. The van der Waals surface area contributed by atoms with E-state index in [0.717, 1.165) is 36.2 Å². The summed E-state index contributed by atoms with van der Waals surface area (Å²) >= 11 is 0. The Morgan fingerprint density at radius 2 is 1.89 bits per heavy atom. The van der Waals surface area contributed by atoms with Crippen LogP contribution in [0, 0.1) is 17.8 Å². The molecule has 7 nitrogen and oxygen atoms in total. The zero-order valence-corrected chi connectivity index (χ0v) is 22.1. The van der Waals surface area contributed by atoms with Gasteiger partial charge in [-0.15, -0.1) is 0 Å². The average molecular weight is 499 g/mol. The molecule has 0 unspecified atom stereocenters. The molecule has 1 fully saturated rings. The quantitative estimate of drug-likeness (QED) is 0.575. The molecular formula is C27H38N4O3S. The lowest BCUT2D eigenvalue weighted by atomic mass is 9.82. The van der Waals surface area contributed by atoms with Crippen molar-refractivity contribution in [1.29, 1.82) is 0 Å². The fourth-order valence-electron chi connectivity index (χ4n) is 5.43. The Hall–Kier alpha value is -2.32. The summed E-state index contributed by atoms with van der Waals surface area (Å²) in [6.45, 7) is 10.6. The van der Waals surface area contributed by atoms with Crippen LogP contribution < -0.4 is 5.32 Å². The minimum atomic E-state index is -3.28. The van der Waals surface area contributed by atoms with Gasteiger partial charge in [0.2, 0.25) is 0 Å². The minimum Gasteiger partial charge on any atom is -0.346 e. The van der Waals surface area contributed by atoms with E-state index in [0.29, 0.717) is 23.2 Å². The van der Waals surface area contributed by atoms with Crippen LogP contribution >= 0.6 is 0 Å². The van der Waals surface area contributed by atoms with Crippen molar-refractivity contribution in [1.82, 2.24) is 20.2 Å². The van der Waals surface area contributed by atoms with E-state index in [-0.39, 0.29) is 23.1 Å². The molecule has 2 aromatic rings. The van der Waals surface area contributed by atoms with E-state index in [4.69, 9.17) is 4.98 Å². The second kappa shape index (κ2) is 10.7. The van der Waals surface area contributed by atoms with Crippen LogP contribution in [0.4, 0.5) is 0 Å². The summed E-state index contributed by atoms with van der Waals surface area (Å²) in [5.41, 5.74) is 3.41. The number of rotatable bonds is 8. The van der Waals surface area contributed by atoms with Crippen molar-refractivity contribution in [2.45, 2.75) is 77.4 Å². The first-order valence-corrected chi connectivity index (χ1v) is 14.5. The van der Waals surface area contributed by atoms with E-state index in [1.54, 1.807) is 19.2 Å². The van der Waals surface area contributed by atoms with Gasteiger partial charge in [0.05, 0.1) is 40.2 Å². The van der Waals surface area contributed by atoms with E-state index in [1.165, 1.54) is 37.9 Å². The highest BCUT2D eigenvalue weighted by molar-refractivity contribution is 7.91. The standard InChI is InChI=1S/C27H38N4O3S/c1-5-35(33,34)24-11-10-23(28-15-24)14-30-27(32)21-12-22-17-31(16-20-8-6-19(4)7-9-20)26(18(2)3)25(22)29-13-21/h10-13,15,18-20,26H,5-9,14,16-17H2,1-4H3,(H,30,32)/t19?,20?,26-/m0/s1. The first kappa shape index (κ1) is 25.8. The number of sulfone groups is 1. The minimum absolute atomic E-state index is 0.0328. The van der Waals surface area contributed by atoms with Crippen molar-refractivity contribution < 1.29 is 13.2 Å². The molecule has 2 aromatic heterocycles. The second-order valence-corrected chi connectivity index (χ2v) is 12.9. The third-order valence-electron chi connectivity index (χ3n) is 7.54. The Labute approximate surface area is 209 Å². The molecule has 1 aliphatic carbocycles. The SMILES string of the molecule is CCS(=O)(=O)c1ccc(CNC(=O)c2cnc3c(c2)CN(CC2CCC(C)CC2)[C@H]3C(C)C)nc1. The summed E-state index contributed by atoms with van der Waals surface area (Å²) in [7, 11) is -3.28. The normalized spacial score (nSPS) is 22.8. The molecule has 1 aliphatic heterocycles. The zero-order chi connectivity index (χ0) is 25.2. The van der Waals surface area contributed by atoms with Crippen molar-refractivity contribution in [3.63, 3.8) is 0 Å². The molecule has 2 aliphatic rings. The summed E-state index contributed by atoms with van der Waals surface area (Å²) in [6, 6.07) is 5.46. The van der Waals surface area contributed by atoms with Crippen LogP contribution in [-0.4, -0.2) is 41.5 Å². The molecule has 1 amide bonds. The van der Waals surface area contributed by atoms with Crippen molar-refractivity contribution in [3.05, 3.63) is 53.1 Å². The number of pyridine rings is 2. The molecule has 3 heterocycles. The summed E-state index contributed by atoms with van der Waals surface area (Å²) in [5.74, 6) is 1.88. The number of nitrogens with zero attached hydrogens (tertiary/aromatic N) is 3. The molecule has 4 rings (SSSR count). The number of hydrogen-bond donors (Lipinski definition) is 1. The van der Waals surface area contributed by atoms with Crippen LogP contribution in [-0.2, 0) is 22.9 Å². The highest BCUT2D eigenvalue weighted by atomic mass is 32.2. The largest absolute Gasteiger partial charge is 0.346 e. The third kappa shape index (κ3) is 5.92. The molecular weight excluding hydrogens is 460 g/mol. The predicted octanol–water partition coefficient (Wildman–Crippen LogP) is 4.54. The van der Waals surface area contributed by atoms with Gasteiger partial charge >= 0.3 is 0 Å². The van der Waals surface area contributed by atoms with Gasteiger partial charge in [0.1, 0.15) is 0 Å². The number of nitrogens with one attached hydrogen (secondary N) is 1. The molecule has 0 radical (unpaired) electrons. The van der Waals surface area contributed by atoms with Gasteiger partial charge in [0, 0.05) is 25.5 Å². The highest BCUT2D eigenvalue weighted by Gasteiger charge is 2.35. The van der Waals surface area contributed by atoms with Crippen LogP contribution in [0.3, 0.4) is 0 Å². The van der Waals surface area contributed by atoms with Crippen LogP contribution in [0.5, 0.6) is 0 Å². The summed E-state index contributed by atoms with van der Waals surface area (Å²) in [5, 5.41) is 2.89. The lowest BCUT2D eigenvalue weighted by molar-refractivity contribution is 0.0950. The average Bonchev–Trinajstić information content (AvgIpc) is 3.21. The Kier molecular flexibility index (Phi) is 7.91. The number of fused-ring (bicyclic) bond motifs is 1. The van der Waals surface area contributed by atoms with Crippen LogP contribution in [0.15, 0.2) is 35.5 Å². The summed E-state index contributed by atoms with van der Waals surface area (Å²) < 4.78 is 23.9. The fraction of sp³-hybridized carbons (Fsp3) is 0.593. The van der Waals surface area contributed by atoms with Gasteiger partial charge in [0.15, 0.2) is 9.84 Å². The van der Waals surface area contributed by atoms with E-state index in [1.807, 2.05) is 6.07 Å². The highest BCUT2D eigenvalue weighted by Crippen LogP contribution is 2.40. The maximum Gasteiger partial charge on any atom is 0.253 e. The molecule has 1 atom stereocenters. The number of aromatic nitrogens is 2. The van der Waals surface area contributed by atoms with E-state index in [9.17, 15) is 13.2 Å². The van der Waals surface area contributed by atoms with Crippen molar-refractivity contribution in [2.24, 2.45) is 17.8 Å². The number of amides is 1. The van der Waals surface area contributed by atoms with Gasteiger partial charge in [-0.3, -0.25) is 19.7 Å². The van der Waals surface area contributed by atoms with Crippen LogP contribution in [0.25, 0.3) is 0 Å². The molecule has 0 bridgehead atoms. The summed E-state index contributed by atoms with van der Waals surface area (Å²) in [4.78, 5) is 24.6. The van der Waals surface area contributed by atoms with Gasteiger partial charge in [-0.05, 0) is 54.4 Å². The lowest BCUT2D eigenvalue weighted by Crippen LogP contribution is -2.32. The first-order chi connectivity index (χ1) is 16.7. The van der Waals surface area contributed by atoms with E-state index >= 15 is 0 Å². The number of carbonyl (C=O) groups is 1. The molecule has 0 spiro atoms. The molecule has 190 valence electrons. The van der Waals surface area contributed by atoms with E-state index in [2.05, 4.69) is 36.0 Å². The van der Waals surface area contributed by atoms with Gasteiger partial charge in [-0.1, -0.05) is 40.5 Å². The first-order valence-electron chi connectivity index (χ1n) is 12.9. The Morgan fingerprint density at radius 3 is 2.51 bits per heavy atom. The number of carbonyl (C=O) groups excluding carboxylic acids is 1. The maximum atomic E-state index is 12.8. The Bertz CT molecular complexity index is 1140. The summed E-state index contributed by atoms with van der Waals surface area (Å²) in [6.07, 6.45) is 8.29. The molecule has 1 N–H and O–H groups in total. The fourth-order valence-corrected chi connectivity index (χ4v) is 6.25. The third-order valence-corrected chi connectivity index (χ3v) is 9.26. The molecule has 35 heavy (non-hydrogen) atoms. The van der Waals surface area contributed by atoms with Crippen molar-refractivity contribution in [2.75, 3.05) is 12.3 Å². The maximum absolute atomic E-state index is 12.8. The molecule has 1 saturated carbocycles. The molecule has 0 saturated heterocycles. The molecule has 0 aromatic carbocycles. The van der Waals surface area contributed by atoms with Crippen LogP contribution in [0.1, 0.15) is 86.7 Å². The number of hydrogen-bond acceptors (Lipinski definition) is 6. The van der Waals surface area contributed by atoms with Gasteiger partial charge in [0.25, 0.3) is 5.91 Å². The lowest BCUT2D eigenvalue weighted by Gasteiger charge is -2.34. The van der Waals surface area contributed by atoms with E-state index < -0.39 is 9.84 Å².